The average molecular weight is 584 g/mol. The van der Waals surface area contributed by atoms with E-state index in [1.165, 1.54) is 36.7 Å². The van der Waals surface area contributed by atoms with Crippen LogP contribution in [-0.2, 0) is 0 Å². The summed E-state index contributed by atoms with van der Waals surface area (Å²) in [5.74, 6) is -1.54. The maximum atomic E-state index is 15.0. The first-order chi connectivity index (χ1) is 20.4. The van der Waals surface area contributed by atoms with Crippen LogP contribution >= 0.6 is 11.6 Å². The van der Waals surface area contributed by atoms with Crippen LogP contribution in [-0.4, -0.2) is 44.3 Å². The molecule has 1 aliphatic rings. The van der Waals surface area contributed by atoms with E-state index in [2.05, 4.69) is 15.3 Å². The van der Waals surface area contributed by atoms with Crippen LogP contribution in [0.4, 0.5) is 10.1 Å². The lowest BCUT2D eigenvalue weighted by Crippen LogP contribution is -2.28. The number of aromatic nitrogens is 3. The SMILES string of the molecule is O=C(Nc1ccc(Oc2ccnc(C(=O)N3CCCC3)c2)c(F)c1)c1cn(-c2ccc(Cl)cc2)c2ncccc2c1=O. The number of ether oxygens (including phenoxy) is 1. The molecule has 4 heterocycles. The molecule has 1 aliphatic heterocycles. The summed E-state index contributed by atoms with van der Waals surface area (Å²) in [4.78, 5) is 49.3. The molecule has 5 aromatic rings. The minimum atomic E-state index is -0.752. The zero-order chi connectivity index (χ0) is 29.2. The Kier molecular flexibility index (Phi) is 7.37. The number of rotatable bonds is 6. The Hall–Kier alpha value is -5.09. The van der Waals surface area contributed by atoms with E-state index < -0.39 is 17.2 Å². The molecule has 1 fully saturated rings. The Morgan fingerprint density at radius 2 is 1.74 bits per heavy atom. The quantitative estimate of drug-likeness (QED) is 0.269. The monoisotopic (exact) mass is 583 g/mol. The van der Waals surface area contributed by atoms with Crippen LogP contribution in [0, 0.1) is 5.82 Å². The van der Waals surface area contributed by atoms with Crippen molar-refractivity contribution in [3.63, 3.8) is 0 Å². The largest absolute Gasteiger partial charge is 0.454 e. The van der Waals surface area contributed by atoms with E-state index in [-0.39, 0.29) is 39.7 Å². The Morgan fingerprint density at radius 1 is 0.952 bits per heavy atom. The molecule has 1 saturated heterocycles. The maximum Gasteiger partial charge on any atom is 0.272 e. The smallest absolute Gasteiger partial charge is 0.272 e. The predicted molar refractivity (Wildman–Crippen MR) is 156 cm³/mol. The number of carbonyl (C=O) groups excluding carboxylic acids is 2. The van der Waals surface area contributed by atoms with Gasteiger partial charge in [0.15, 0.2) is 11.6 Å². The van der Waals surface area contributed by atoms with Gasteiger partial charge >= 0.3 is 0 Å². The second-order valence-corrected chi connectivity index (χ2v) is 10.1. The molecule has 2 amide bonds. The van der Waals surface area contributed by atoms with Gasteiger partial charge in [-0.1, -0.05) is 11.6 Å². The second-order valence-electron chi connectivity index (χ2n) is 9.67. The highest BCUT2D eigenvalue weighted by Gasteiger charge is 2.21. The summed E-state index contributed by atoms with van der Waals surface area (Å²) in [6, 6.07) is 16.9. The molecule has 0 aliphatic carbocycles. The number of likely N-dealkylation sites (tertiary alicyclic amines) is 1. The topological polar surface area (TPSA) is 106 Å². The van der Waals surface area contributed by atoms with Gasteiger partial charge < -0.3 is 19.5 Å². The van der Waals surface area contributed by atoms with Gasteiger partial charge in [-0.05, 0) is 67.4 Å². The molecule has 0 radical (unpaired) electrons. The third-order valence-electron chi connectivity index (χ3n) is 6.87. The van der Waals surface area contributed by atoms with Crippen LogP contribution in [0.2, 0.25) is 5.02 Å². The van der Waals surface area contributed by atoms with Crippen molar-refractivity contribution in [1.29, 1.82) is 0 Å². The second kappa shape index (κ2) is 11.4. The molecular formula is C31H23ClFN5O4. The average Bonchev–Trinajstić information content (AvgIpc) is 3.54. The molecule has 42 heavy (non-hydrogen) atoms. The number of pyridine rings is 3. The van der Waals surface area contributed by atoms with Gasteiger partial charge in [-0.25, -0.2) is 9.37 Å². The summed E-state index contributed by atoms with van der Waals surface area (Å²) in [6.07, 6.45) is 6.28. The van der Waals surface area contributed by atoms with E-state index in [1.54, 1.807) is 52.1 Å². The number of fused-ring (bicyclic) bond motifs is 1. The number of amides is 2. The summed E-state index contributed by atoms with van der Waals surface area (Å²) in [6.45, 7) is 1.36. The van der Waals surface area contributed by atoms with E-state index in [4.69, 9.17) is 16.3 Å². The Morgan fingerprint density at radius 3 is 2.50 bits per heavy atom. The molecule has 6 rings (SSSR count). The number of nitrogens with one attached hydrogen (secondary N) is 1. The summed E-state index contributed by atoms with van der Waals surface area (Å²) in [7, 11) is 0. The highest BCUT2D eigenvalue weighted by molar-refractivity contribution is 6.30. The van der Waals surface area contributed by atoms with Gasteiger partial charge in [0, 0.05) is 60.2 Å². The molecule has 0 atom stereocenters. The molecular weight excluding hydrogens is 561 g/mol. The minimum absolute atomic E-state index is 0.111. The minimum Gasteiger partial charge on any atom is -0.454 e. The summed E-state index contributed by atoms with van der Waals surface area (Å²) in [5, 5.41) is 3.37. The van der Waals surface area contributed by atoms with Crippen LogP contribution in [0.5, 0.6) is 11.5 Å². The molecule has 11 heteroatoms. The molecule has 0 spiro atoms. The lowest BCUT2D eigenvalue weighted by molar-refractivity contribution is 0.0786. The summed E-state index contributed by atoms with van der Waals surface area (Å²) < 4.78 is 22.3. The van der Waals surface area contributed by atoms with Crippen molar-refractivity contribution >= 4 is 40.1 Å². The summed E-state index contributed by atoms with van der Waals surface area (Å²) >= 11 is 6.03. The van der Waals surface area contributed by atoms with Gasteiger partial charge in [0.05, 0.1) is 5.39 Å². The standard InChI is InChI=1S/C31H23ClFN5O4/c32-19-5-8-21(9-6-19)38-18-24(28(39)23-4-3-12-35-29(23)38)30(40)36-20-7-10-27(25(33)16-20)42-22-11-13-34-26(17-22)31(41)37-14-1-2-15-37/h3-13,16-18H,1-2,14-15H2,(H,36,40). The predicted octanol–water partition coefficient (Wildman–Crippen LogP) is 5.85. The Labute approximate surface area is 244 Å². The highest BCUT2D eigenvalue weighted by Crippen LogP contribution is 2.28. The van der Waals surface area contributed by atoms with Crippen molar-refractivity contribution < 1.29 is 18.7 Å². The van der Waals surface area contributed by atoms with Crippen LogP contribution in [0.15, 0.2) is 90.1 Å². The lowest BCUT2D eigenvalue weighted by atomic mass is 10.1. The van der Waals surface area contributed by atoms with Crippen molar-refractivity contribution in [2.45, 2.75) is 12.8 Å². The van der Waals surface area contributed by atoms with Crippen LogP contribution < -0.4 is 15.5 Å². The first-order valence-electron chi connectivity index (χ1n) is 13.2. The molecule has 210 valence electrons. The van der Waals surface area contributed by atoms with Crippen molar-refractivity contribution in [2.24, 2.45) is 0 Å². The van der Waals surface area contributed by atoms with E-state index in [0.717, 1.165) is 18.9 Å². The third-order valence-corrected chi connectivity index (χ3v) is 7.13. The van der Waals surface area contributed by atoms with E-state index >= 15 is 4.39 Å². The number of benzene rings is 2. The first kappa shape index (κ1) is 27.1. The van der Waals surface area contributed by atoms with Crippen LogP contribution in [0.3, 0.4) is 0 Å². The van der Waals surface area contributed by atoms with Crippen LogP contribution in [0.25, 0.3) is 16.7 Å². The van der Waals surface area contributed by atoms with Crippen molar-refractivity contribution in [1.82, 2.24) is 19.4 Å². The van der Waals surface area contributed by atoms with Gasteiger partial charge in [-0.3, -0.25) is 19.4 Å². The number of carbonyl (C=O) groups is 2. The molecule has 0 unspecified atom stereocenters. The van der Waals surface area contributed by atoms with Crippen molar-refractivity contribution in [3.8, 4) is 17.2 Å². The van der Waals surface area contributed by atoms with Crippen molar-refractivity contribution in [3.05, 3.63) is 118 Å². The maximum absolute atomic E-state index is 15.0. The van der Waals surface area contributed by atoms with Gasteiger partial charge in [0.25, 0.3) is 11.8 Å². The van der Waals surface area contributed by atoms with Gasteiger partial charge in [0.2, 0.25) is 5.43 Å². The molecule has 0 saturated carbocycles. The number of anilines is 1. The van der Waals surface area contributed by atoms with Gasteiger partial charge in [0.1, 0.15) is 22.7 Å². The molecule has 2 aromatic carbocycles. The fraction of sp³-hybridized carbons (Fsp3) is 0.129. The summed E-state index contributed by atoms with van der Waals surface area (Å²) in [5.41, 5.74) is 0.680. The van der Waals surface area contributed by atoms with Crippen LogP contribution in [0.1, 0.15) is 33.7 Å². The highest BCUT2D eigenvalue weighted by atomic mass is 35.5. The van der Waals surface area contributed by atoms with E-state index in [9.17, 15) is 14.4 Å². The zero-order valence-electron chi connectivity index (χ0n) is 22.1. The van der Waals surface area contributed by atoms with Crippen molar-refractivity contribution in [2.75, 3.05) is 18.4 Å². The van der Waals surface area contributed by atoms with Gasteiger partial charge in [-0.15, -0.1) is 0 Å². The Balaban J connectivity index is 1.24. The van der Waals surface area contributed by atoms with E-state index in [0.29, 0.717) is 29.4 Å². The number of hydrogen-bond acceptors (Lipinski definition) is 6. The molecule has 3 aromatic heterocycles. The third kappa shape index (κ3) is 5.44. The number of hydrogen-bond donors (Lipinski definition) is 1. The molecule has 0 bridgehead atoms. The fourth-order valence-corrected chi connectivity index (χ4v) is 4.91. The zero-order valence-corrected chi connectivity index (χ0v) is 22.8. The lowest BCUT2D eigenvalue weighted by Gasteiger charge is -2.15. The number of nitrogens with zero attached hydrogens (tertiary/aromatic N) is 4. The first-order valence-corrected chi connectivity index (χ1v) is 13.6. The Bertz CT molecular complexity index is 1890. The van der Waals surface area contributed by atoms with E-state index in [1.807, 2.05) is 0 Å². The number of halogens is 2. The molecule has 1 N–H and O–H groups in total. The molecule has 9 nitrogen and oxygen atoms in total. The normalized spacial score (nSPS) is 12.9. The van der Waals surface area contributed by atoms with Gasteiger partial charge in [-0.2, -0.15) is 0 Å². The fourth-order valence-electron chi connectivity index (χ4n) is 4.78.